The molecular formula is C21H16N2O6. The average Bonchev–Trinajstić information content (AvgIpc) is 2.73. The summed E-state index contributed by atoms with van der Waals surface area (Å²) in [6.45, 7) is -0.524. The van der Waals surface area contributed by atoms with Crippen LogP contribution in [0.2, 0.25) is 0 Å². The van der Waals surface area contributed by atoms with Crippen LogP contribution in [-0.2, 0) is 9.53 Å². The van der Waals surface area contributed by atoms with Gasteiger partial charge in [0.15, 0.2) is 6.61 Å². The monoisotopic (exact) mass is 392 g/mol. The van der Waals surface area contributed by atoms with Crippen LogP contribution in [0.25, 0.3) is 0 Å². The Morgan fingerprint density at radius 2 is 1.59 bits per heavy atom. The van der Waals surface area contributed by atoms with Crippen molar-refractivity contribution in [3.8, 4) is 11.5 Å². The first kappa shape index (κ1) is 19.6. The fraction of sp³-hybridized carbons (Fsp3) is 0.0476. The van der Waals surface area contributed by atoms with Crippen molar-refractivity contribution < 1.29 is 24.0 Å². The Morgan fingerprint density at radius 1 is 0.897 bits per heavy atom. The van der Waals surface area contributed by atoms with Crippen LogP contribution >= 0.6 is 0 Å². The number of nitrogens with one attached hydrogen (secondary N) is 1. The Balaban J connectivity index is 1.51. The van der Waals surface area contributed by atoms with E-state index in [1.807, 2.05) is 30.3 Å². The van der Waals surface area contributed by atoms with Gasteiger partial charge in [0.2, 0.25) is 0 Å². The highest BCUT2D eigenvalue weighted by Crippen LogP contribution is 2.21. The van der Waals surface area contributed by atoms with Crippen LogP contribution < -0.4 is 10.1 Å². The highest BCUT2D eigenvalue weighted by atomic mass is 16.6. The molecule has 8 nitrogen and oxygen atoms in total. The van der Waals surface area contributed by atoms with Crippen LogP contribution in [0.5, 0.6) is 11.5 Å². The molecule has 0 aliphatic heterocycles. The number of esters is 1. The van der Waals surface area contributed by atoms with E-state index in [1.165, 1.54) is 36.4 Å². The Labute approximate surface area is 165 Å². The molecule has 0 bridgehead atoms. The predicted molar refractivity (Wildman–Crippen MR) is 105 cm³/mol. The molecule has 0 fully saturated rings. The minimum absolute atomic E-state index is 0.155. The van der Waals surface area contributed by atoms with Crippen molar-refractivity contribution in [1.29, 1.82) is 0 Å². The molecule has 29 heavy (non-hydrogen) atoms. The maximum atomic E-state index is 12.1. The van der Waals surface area contributed by atoms with Crippen LogP contribution in [-0.4, -0.2) is 23.4 Å². The summed E-state index contributed by atoms with van der Waals surface area (Å²) in [6, 6.07) is 20.9. The highest BCUT2D eigenvalue weighted by Gasteiger charge is 2.12. The Hall–Kier alpha value is -4.20. The number of hydrogen-bond acceptors (Lipinski definition) is 6. The summed E-state index contributed by atoms with van der Waals surface area (Å²) >= 11 is 0. The summed E-state index contributed by atoms with van der Waals surface area (Å²) in [5.41, 5.74) is 0.342. The molecular weight excluding hydrogens is 376 g/mol. The van der Waals surface area contributed by atoms with Gasteiger partial charge >= 0.3 is 5.97 Å². The number of rotatable bonds is 7. The first-order chi connectivity index (χ1) is 14.0. The lowest BCUT2D eigenvalue weighted by Crippen LogP contribution is -2.20. The maximum absolute atomic E-state index is 12.1. The number of nitro benzene ring substituents is 1. The number of anilines is 1. The van der Waals surface area contributed by atoms with Crippen molar-refractivity contribution in [3.05, 3.63) is 94.5 Å². The van der Waals surface area contributed by atoms with E-state index in [9.17, 15) is 19.7 Å². The van der Waals surface area contributed by atoms with Gasteiger partial charge in [0.05, 0.1) is 10.5 Å². The van der Waals surface area contributed by atoms with Gasteiger partial charge in [-0.2, -0.15) is 0 Å². The van der Waals surface area contributed by atoms with Crippen molar-refractivity contribution in [2.24, 2.45) is 0 Å². The summed E-state index contributed by atoms with van der Waals surface area (Å²) in [5, 5.41) is 13.2. The Morgan fingerprint density at radius 3 is 2.28 bits per heavy atom. The first-order valence-corrected chi connectivity index (χ1v) is 8.56. The van der Waals surface area contributed by atoms with Gasteiger partial charge in [-0.1, -0.05) is 24.3 Å². The quantitative estimate of drug-likeness (QED) is 0.367. The number of para-hydroxylation sites is 1. The van der Waals surface area contributed by atoms with E-state index in [-0.39, 0.29) is 16.9 Å². The van der Waals surface area contributed by atoms with Gasteiger partial charge in [-0.3, -0.25) is 14.9 Å². The second-order valence-corrected chi connectivity index (χ2v) is 5.87. The Bertz CT molecular complexity index is 1020. The van der Waals surface area contributed by atoms with E-state index < -0.39 is 23.4 Å². The van der Waals surface area contributed by atoms with Gasteiger partial charge in [-0.25, -0.2) is 4.79 Å². The number of carbonyl (C=O) groups excluding carboxylic acids is 2. The van der Waals surface area contributed by atoms with Gasteiger partial charge in [0.1, 0.15) is 11.5 Å². The molecule has 0 spiro atoms. The predicted octanol–water partition coefficient (Wildman–Crippen LogP) is 4.18. The van der Waals surface area contributed by atoms with Crippen LogP contribution in [0.1, 0.15) is 10.4 Å². The van der Waals surface area contributed by atoms with Crippen molar-refractivity contribution >= 4 is 23.3 Å². The molecule has 1 N–H and O–H groups in total. The summed E-state index contributed by atoms with van der Waals surface area (Å²) in [7, 11) is 0. The molecule has 1 amide bonds. The van der Waals surface area contributed by atoms with Crippen LogP contribution in [0, 0.1) is 10.1 Å². The van der Waals surface area contributed by atoms with E-state index in [0.29, 0.717) is 11.5 Å². The van der Waals surface area contributed by atoms with Crippen molar-refractivity contribution in [1.82, 2.24) is 0 Å². The van der Waals surface area contributed by atoms with Gasteiger partial charge in [0, 0.05) is 17.8 Å². The zero-order chi connectivity index (χ0) is 20.6. The van der Waals surface area contributed by atoms with Crippen molar-refractivity contribution in [2.45, 2.75) is 0 Å². The molecule has 0 aromatic heterocycles. The molecule has 0 radical (unpaired) electrons. The summed E-state index contributed by atoms with van der Waals surface area (Å²) in [5.74, 6) is -0.0647. The van der Waals surface area contributed by atoms with Crippen molar-refractivity contribution in [2.75, 3.05) is 11.9 Å². The average molecular weight is 392 g/mol. The van der Waals surface area contributed by atoms with Crippen LogP contribution in [0.3, 0.4) is 0 Å². The molecule has 3 aromatic carbocycles. The molecule has 3 aromatic rings. The zero-order valence-electron chi connectivity index (χ0n) is 15.1. The third-order valence-electron chi connectivity index (χ3n) is 3.74. The standard InChI is InChI=1S/C21H16N2O6/c24-20(22-16-5-4-6-17(13-16)23(26)27)14-28-21(25)15-9-11-19(12-10-15)29-18-7-2-1-3-8-18/h1-13H,14H2,(H,22,24). The molecule has 0 saturated carbocycles. The lowest BCUT2D eigenvalue weighted by Gasteiger charge is -2.08. The lowest BCUT2D eigenvalue weighted by atomic mass is 10.2. The summed E-state index contributed by atoms with van der Waals surface area (Å²) in [4.78, 5) is 34.2. The molecule has 8 heteroatoms. The van der Waals surface area contributed by atoms with Gasteiger partial charge < -0.3 is 14.8 Å². The molecule has 0 saturated heterocycles. The second kappa shape index (κ2) is 9.14. The van der Waals surface area contributed by atoms with Crippen LogP contribution in [0.15, 0.2) is 78.9 Å². The maximum Gasteiger partial charge on any atom is 0.338 e. The van der Waals surface area contributed by atoms with E-state index in [0.717, 1.165) is 0 Å². The number of carbonyl (C=O) groups is 2. The Kier molecular flexibility index (Phi) is 6.16. The fourth-order valence-electron chi connectivity index (χ4n) is 2.39. The smallest absolute Gasteiger partial charge is 0.338 e. The first-order valence-electron chi connectivity index (χ1n) is 8.56. The number of nitrogens with zero attached hydrogens (tertiary/aromatic N) is 1. The molecule has 0 heterocycles. The van der Waals surface area contributed by atoms with E-state index >= 15 is 0 Å². The van der Waals surface area contributed by atoms with E-state index in [4.69, 9.17) is 9.47 Å². The minimum atomic E-state index is -0.676. The van der Waals surface area contributed by atoms with Crippen molar-refractivity contribution in [3.63, 3.8) is 0 Å². The van der Waals surface area contributed by atoms with Crippen LogP contribution in [0.4, 0.5) is 11.4 Å². The normalized spacial score (nSPS) is 10.1. The number of ether oxygens (including phenoxy) is 2. The fourth-order valence-corrected chi connectivity index (χ4v) is 2.39. The van der Waals surface area contributed by atoms with Gasteiger partial charge in [0.25, 0.3) is 11.6 Å². The molecule has 146 valence electrons. The third-order valence-corrected chi connectivity index (χ3v) is 3.74. The topological polar surface area (TPSA) is 108 Å². The number of hydrogen-bond donors (Lipinski definition) is 1. The number of nitro groups is 1. The largest absolute Gasteiger partial charge is 0.457 e. The lowest BCUT2D eigenvalue weighted by molar-refractivity contribution is -0.384. The second-order valence-electron chi connectivity index (χ2n) is 5.87. The highest BCUT2D eigenvalue weighted by molar-refractivity contribution is 5.95. The summed E-state index contributed by atoms with van der Waals surface area (Å²) < 4.78 is 10.6. The zero-order valence-corrected chi connectivity index (χ0v) is 15.1. The third kappa shape index (κ3) is 5.64. The molecule has 0 unspecified atom stereocenters. The molecule has 0 atom stereocenters. The van der Waals surface area contributed by atoms with E-state index in [1.54, 1.807) is 12.1 Å². The van der Waals surface area contributed by atoms with E-state index in [2.05, 4.69) is 5.32 Å². The number of amides is 1. The minimum Gasteiger partial charge on any atom is -0.457 e. The SMILES string of the molecule is O=C(COC(=O)c1ccc(Oc2ccccc2)cc1)Nc1cccc([N+](=O)[O-])c1. The summed E-state index contributed by atoms with van der Waals surface area (Å²) in [6.07, 6.45) is 0. The van der Waals surface area contributed by atoms with Gasteiger partial charge in [-0.15, -0.1) is 0 Å². The number of non-ortho nitro benzene ring substituents is 1. The molecule has 0 aliphatic rings. The van der Waals surface area contributed by atoms with Gasteiger partial charge in [-0.05, 0) is 42.5 Å². The molecule has 3 rings (SSSR count). The molecule has 0 aliphatic carbocycles. The number of benzene rings is 3.